The van der Waals surface area contributed by atoms with Gasteiger partial charge in [0.15, 0.2) is 0 Å². The van der Waals surface area contributed by atoms with Gasteiger partial charge in [-0.05, 0) is 41.8 Å². The van der Waals surface area contributed by atoms with Crippen LogP contribution in [0.4, 0.5) is 0 Å². The summed E-state index contributed by atoms with van der Waals surface area (Å²) >= 11 is 12.5. The number of nitrogens with zero attached hydrogens (tertiary/aromatic N) is 2. The van der Waals surface area contributed by atoms with Gasteiger partial charge in [-0.1, -0.05) is 71.7 Å². The Hall–Kier alpha value is -3.40. The SMILES string of the molecule is CNC(=O)C(Cc1ccccc1)N(Cc1ccc(Cl)cc1Cl)C(=O)CCCN1C(=O)c2ccccc2S1(=O)=O. The predicted octanol–water partition coefficient (Wildman–Crippen LogP) is 4.30. The number of rotatable bonds is 10. The second kappa shape index (κ2) is 12.2. The minimum absolute atomic E-state index is 0.0339. The van der Waals surface area contributed by atoms with Gasteiger partial charge in [-0.2, -0.15) is 0 Å². The van der Waals surface area contributed by atoms with E-state index in [0.717, 1.165) is 9.87 Å². The molecule has 0 aliphatic carbocycles. The van der Waals surface area contributed by atoms with E-state index in [9.17, 15) is 22.8 Å². The Kier molecular flexibility index (Phi) is 8.94. The molecule has 0 fully saturated rings. The zero-order chi connectivity index (χ0) is 28.2. The molecule has 1 atom stereocenters. The van der Waals surface area contributed by atoms with E-state index in [1.54, 1.807) is 30.3 Å². The molecule has 0 saturated heterocycles. The van der Waals surface area contributed by atoms with Crippen molar-refractivity contribution in [2.45, 2.75) is 36.7 Å². The lowest BCUT2D eigenvalue weighted by molar-refractivity contribution is -0.141. The first kappa shape index (κ1) is 28.6. The maximum Gasteiger partial charge on any atom is 0.269 e. The van der Waals surface area contributed by atoms with Crippen molar-refractivity contribution in [1.82, 2.24) is 14.5 Å². The number of carbonyl (C=O) groups is 3. The Morgan fingerprint density at radius 1 is 1.00 bits per heavy atom. The molecule has 0 spiro atoms. The van der Waals surface area contributed by atoms with Gasteiger partial charge in [0.05, 0.1) is 5.56 Å². The number of nitrogens with one attached hydrogen (secondary N) is 1. The number of amides is 3. The van der Waals surface area contributed by atoms with Crippen molar-refractivity contribution in [2.24, 2.45) is 0 Å². The number of likely N-dealkylation sites (N-methyl/N-ethyl adjacent to an activating group) is 1. The van der Waals surface area contributed by atoms with Gasteiger partial charge in [0, 0.05) is 43.0 Å². The van der Waals surface area contributed by atoms with Gasteiger partial charge < -0.3 is 10.2 Å². The number of hydrogen-bond acceptors (Lipinski definition) is 5. The Labute approximate surface area is 237 Å². The van der Waals surface area contributed by atoms with Crippen molar-refractivity contribution >= 4 is 50.9 Å². The van der Waals surface area contributed by atoms with Crippen LogP contribution in [-0.2, 0) is 32.6 Å². The summed E-state index contributed by atoms with van der Waals surface area (Å²) in [4.78, 5) is 40.8. The highest BCUT2D eigenvalue weighted by Crippen LogP contribution is 2.30. The van der Waals surface area contributed by atoms with Crippen LogP contribution < -0.4 is 5.32 Å². The Morgan fingerprint density at radius 2 is 1.69 bits per heavy atom. The molecule has 1 heterocycles. The van der Waals surface area contributed by atoms with Gasteiger partial charge in [0.2, 0.25) is 11.8 Å². The average molecular weight is 589 g/mol. The first-order valence-corrected chi connectivity index (χ1v) is 14.5. The Bertz CT molecular complexity index is 1500. The average Bonchev–Trinajstić information content (AvgIpc) is 3.12. The van der Waals surface area contributed by atoms with E-state index in [2.05, 4.69) is 5.32 Å². The van der Waals surface area contributed by atoms with E-state index in [4.69, 9.17) is 23.2 Å². The summed E-state index contributed by atoms with van der Waals surface area (Å²) in [5.74, 6) is -1.35. The van der Waals surface area contributed by atoms with Crippen LogP contribution >= 0.6 is 23.2 Å². The molecule has 4 rings (SSSR count). The zero-order valence-corrected chi connectivity index (χ0v) is 23.5. The summed E-state index contributed by atoms with van der Waals surface area (Å²) in [6, 6.07) is 19.4. The minimum atomic E-state index is -3.98. The fraction of sp³-hybridized carbons (Fsp3) is 0.250. The predicted molar refractivity (Wildman–Crippen MR) is 149 cm³/mol. The molecule has 0 bridgehead atoms. The van der Waals surface area contributed by atoms with Gasteiger partial charge in [-0.3, -0.25) is 14.4 Å². The molecule has 1 N–H and O–H groups in total. The summed E-state index contributed by atoms with van der Waals surface area (Å²) in [7, 11) is -2.48. The van der Waals surface area contributed by atoms with Crippen molar-refractivity contribution in [2.75, 3.05) is 13.6 Å². The van der Waals surface area contributed by atoms with E-state index in [1.807, 2.05) is 30.3 Å². The number of carbonyl (C=O) groups excluding carboxylic acids is 3. The van der Waals surface area contributed by atoms with E-state index in [1.165, 1.54) is 24.1 Å². The van der Waals surface area contributed by atoms with Crippen molar-refractivity contribution in [3.8, 4) is 0 Å². The number of benzene rings is 3. The molecule has 1 aliphatic rings. The second-order valence-corrected chi connectivity index (χ2v) is 11.7. The fourth-order valence-electron chi connectivity index (χ4n) is 4.52. The first-order valence-electron chi connectivity index (χ1n) is 12.3. The van der Waals surface area contributed by atoms with Crippen molar-refractivity contribution in [3.63, 3.8) is 0 Å². The Morgan fingerprint density at radius 3 is 2.36 bits per heavy atom. The quantitative estimate of drug-likeness (QED) is 0.381. The number of sulfonamides is 1. The zero-order valence-electron chi connectivity index (χ0n) is 21.1. The number of hydrogen-bond donors (Lipinski definition) is 1. The van der Waals surface area contributed by atoms with Crippen LogP contribution in [0.5, 0.6) is 0 Å². The maximum absolute atomic E-state index is 13.6. The second-order valence-electron chi connectivity index (χ2n) is 9.06. The van der Waals surface area contributed by atoms with Crippen LogP contribution in [0.15, 0.2) is 77.7 Å². The molecule has 11 heteroatoms. The summed E-state index contributed by atoms with van der Waals surface area (Å²) < 4.78 is 26.6. The van der Waals surface area contributed by atoms with Crippen molar-refractivity contribution < 1.29 is 22.8 Å². The lowest BCUT2D eigenvalue weighted by atomic mass is 10.0. The van der Waals surface area contributed by atoms with E-state index in [0.29, 0.717) is 15.6 Å². The first-order chi connectivity index (χ1) is 18.6. The molecule has 3 amide bonds. The fourth-order valence-corrected chi connectivity index (χ4v) is 6.60. The molecular weight excluding hydrogens is 561 g/mol. The highest BCUT2D eigenvalue weighted by molar-refractivity contribution is 7.90. The monoisotopic (exact) mass is 587 g/mol. The van der Waals surface area contributed by atoms with Crippen LogP contribution in [-0.4, -0.2) is 55.0 Å². The smallest absolute Gasteiger partial charge is 0.269 e. The molecule has 204 valence electrons. The van der Waals surface area contributed by atoms with Gasteiger partial charge in [-0.25, -0.2) is 12.7 Å². The Balaban J connectivity index is 1.56. The number of fused-ring (bicyclic) bond motifs is 1. The molecule has 3 aromatic rings. The van der Waals surface area contributed by atoms with Gasteiger partial charge >= 0.3 is 0 Å². The van der Waals surface area contributed by atoms with Crippen molar-refractivity contribution in [1.29, 1.82) is 0 Å². The van der Waals surface area contributed by atoms with Crippen LogP contribution in [0.25, 0.3) is 0 Å². The third-order valence-electron chi connectivity index (χ3n) is 6.54. The van der Waals surface area contributed by atoms with Gasteiger partial charge in [0.25, 0.3) is 15.9 Å². The molecule has 3 aromatic carbocycles. The largest absolute Gasteiger partial charge is 0.357 e. The van der Waals surface area contributed by atoms with Crippen molar-refractivity contribution in [3.05, 3.63) is 99.5 Å². The molecule has 1 aliphatic heterocycles. The summed E-state index contributed by atoms with van der Waals surface area (Å²) in [6.07, 6.45) is 0.239. The normalized spacial score (nSPS) is 14.5. The lowest BCUT2D eigenvalue weighted by Crippen LogP contribution is -2.49. The topological polar surface area (TPSA) is 104 Å². The van der Waals surface area contributed by atoms with Crippen LogP contribution in [0.3, 0.4) is 0 Å². The van der Waals surface area contributed by atoms with Crippen LogP contribution in [0.1, 0.15) is 34.3 Å². The molecule has 1 unspecified atom stereocenters. The highest BCUT2D eigenvalue weighted by atomic mass is 35.5. The molecule has 0 aromatic heterocycles. The van der Waals surface area contributed by atoms with E-state index in [-0.39, 0.29) is 54.6 Å². The molecule has 0 radical (unpaired) electrons. The molecule has 8 nitrogen and oxygen atoms in total. The highest BCUT2D eigenvalue weighted by Gasteiger charge is 2.40. The van der Waals surface area contributed by atoms with Crippen LogP contribution in [0, 0.1) is 0 Å². The summed E-state index contributed by atoms with van der Waals surface area (Å²) in [5.41, 5.74) is 1.58. The number of halogens is 2. The third-order valence-corrected chi connectivity index (χ3v) is 8.96. The van der Waals surface area contributed by atoms with Gasteiger partial charge in [0.1, 0.15) is 10.9 Å². The van der Waals surface area contributed by atoms with Crippen LogP contribution in [0.2, 0.25) is 10.0 Å². The van der Waals surface area contributed by atoms with E-state index >= 15 is 0 Å². The maximum atomic E-state index is 13.6. The minimum Gasteiger partial charge on any atom is -0.357 e. The third kappa shape index (κ3) is 6.27. The lowest BCUT2D eigenvalue weighted by Gasteiger charge is -2.31. The summed E-state index contributed by atoms with van der Waals surface area (Å²) in [6.45, 7) is -0.132. The molecule has 39 heavy (non-hydrogen) atoms. The van der Waals surface area contributed by atoms with E-state index < -0.39 is 22.0 Å². The summed E-state index contributed by atoms with van der Waals surface area (Å²) in [5, 5.41) is 3.42. The standard InChI is InChI=1S/C28H27Cl2N3O5S/c1-31-27(35)24(16-19-8-3-2-4-9-19)32(18-20-13-14-21(29)17-23(20)30)26(34)12-7-15-33-28(36)22-10-5-6-11-25(22)39(33,37)38/h2-6,8-11,13-14,17,24H,7,12,15-16,18H2,1H3,(H,31,35). The molecular formula is C28H27Cl2N3O5S. The molecule has 0 saturated carbocycles. The van der Waals surface area contributed by atoms with Gasteiger partial charge in [-0.15, -0.1) is 0 Å².